The third kappa shape index (κ3) is 9.95. The maximum Gasteiger partial charge on any atom is 0.349 e. The Morgan fingerprint density at radius 2 is 0.978 bits per heavy atom. The summed E-state index contributed by atoms with van der Waals surface area (Å²) < 4.78 is 75.2. The van der Waals surface area contributed by atoms with E-state index in [2.05, 4.69) is 15.3 Å². The minimum atomic E-state index is -3.76. The van der Waals surface area contributed by atoms with Gasteiger partial charge in [0.05, 0.1) is 20.1 Å². The van der Waals surface area contributed by atoms with Crippen LogP contribution in [-0.4, -0.2) is 54.4 Å². The highest BCUT2D eigenvalue weighted by atomic mass is 32.2. The van der Waals surface area contributed by atoms with E-state index < -0.39 is 35.2 Å². The lowest BCUT2D eigenvalue weighted by atomic mass is 10.4. The van der Waals surface area contributed by atoms with E-state index in [9.17, 15) is 34.8 Å². The molecule has 0 amide bonds. The van der Waals surface area contributed by atoms with Gasteiger partial charge in [-0.15, -0.1) is 0 Å². The highest BCUT2D eigenvalue weighted by Crippen LogP contribution is 2.16. The van der Waals surface area contributed by atoms with Crippen LogP contribution in [0.1, 0.15) is 0 Å². The molecule has 0 unspecified atom stereocenters. The van der Waals surface area contributed by atoms with Crippen molar-refractivity contribution in [2.45, 2.75) is 14.7 Å². The zero-order chi connectivity index (χ0) is 33.1. The van der Waals surface area contributed by atoms with Gasteiger partial charge in [-0.1, -0.05) is 54.6 Å². The molecule has 5 rings (SSSR count). The number of aryl methyl sites for hydroxylation is 2. The summed E-state index contributed by atoms with van der Waals surface area (Å²) in [5.74, 6) is 0. The maximum atomic E-state index is 12.0. The van der Waals surface area contributed by atoms with Crippen molar-refractivity contribution < 1.29 is 25.3 Å². The van der Waals surface area contributed by atoms with Crippen molar-refractivity contribution in [1.82, 2.24) is 29.1 Å². The Balaban J connectivity index is 0.000000203. The van der Waals surface area contributed by atoms with Crippen LogP contribution < -0.4 is 11.4 Å². The van der Waals surface area contributed by atoms with E-state index in [1.165, 1.54) is 65.2 Å². The summed E-state index contributed by atoms with van der Waals surface area (Å²) in [5.41, 5.74) is -0.588. The molecule has 0 saturated heterocycles. The highest BCUT2D eigenvalue weighted by Gasteiger charge is 2.14. The Bertz CT molecular complexity index is 2130. The zero-order valence-electron chi connectivity index (χ0n) is 23.9. The fraction of sp³-hybridized carbons (Fsp3) is 0.0714. The van der Waals surface area contributed by atoms with Gasteiger partial charge in [-0.2, -0.15) is 14.9 Å². The normalized spacial score (nSPS) is 11.9. The molecule has 0 saturated carbocycles. The van der Waals surface area contributed by atoms with Gasteiger partial charge in [0.2, 0.25) is 29.5 Å². The number of aromatic amines is 1. The topological polar surface area (TPSA) is 193 Å². The first-order valence-electron chi connectivity index (χ1n) is 12.7. The molecule has 0 fully saturated rings. The molecule has 236 valence electrons. The van der Waals surface area contributed by atoms with Crippen LogP contribution in [0.25, 0.3) is 6.20 Å². The summed E-state index contributed by atoms with van der Waals surface area (Å²) in [7, 11) is -7.91. The number of rotatable bonds is 7. The van der Waals surface area contributed by atoms with Crippen LogP contribution >= 0.6 is 0 Å². The molecule has 0 radical (unpaired) electrons. The summed E-state index contributed by atoms with van der Waals surface area (Å²) in [6.45, 7) is 0. The standard InChI is InChI=1S/C14H12O4S2.C11H11N3O3S.C3H5N3O/c15-19(16,13-7-3-1-4-8-13)11-12-20(17,18)14-9-5-2-6-10-14;1-13-9-12-14(11(13)15)7-8-18(16,17)10-5-3-2-4-6-10;1-6-2-4-5-3(6)7/h1-12H;2-9H,1H3;2H,1H3,(H,5,7)/b12-11+;8-7+;. The van der Waals surface area contributed by atoms with Crippen LogP contribution in [0.2, 0.25) is 0 Å². The molecule has 0 atom stereocenters. The minimum Gasteiger partial charge on any atom is -0.285 e. The molecule has 0 aliphatic rings. The number of benzene rings is 3. The zero-order valence-corrected chi connectivity index (χ0v) is 26.3. The fourth-order valence-corrected chi connectivity index (χ4v) is 6.67. The summed E-state index contributed by atoms with van der Waals surface area (Å²) in [5, 5.41) is 11.8. The Kier molecular flexibility index (Phi) is 11.5. The van der Waals surface area contributed by atoms with E-state index in [0.717, 1.165) is 16.3 Å². The third-order valence-electron chi connectivity index (χ3n) is 5.57. The van der Waals surface area contributed by atoms with Gasteiger partial charge in [0.1, 0.15) is 12.7 Å². The molecule has 3 aromatic carbocycles. The number of nitrogens with one attached hydrogen (secondary N) is 1. The molecular formula is C28H28N6O8S3. The Hall–Kier alpha value is -5.13. The molecule has 0 aliphatic carbocycles. The van der Waals surface area contributed by atoms with Gasteiger partial charge in [-0.25, -0.2) is 39.9 Å². The molecule has 17 heteroatoms. The van der Waals surface area contributed by atoms with Crippen molar-refractivity contribution in [3.8, 4) is 0 Å². The number of aromatic nitrogens is 6. The predicted molar refractivity (Wildman–Crippen MR) is 167 cm³/mol. The van der Waals surface area contributed by atoms with Gasteiger partial charge in [0.15, 0.2) is 0 Å². The minimum absolute atomic E-state index is 0.0551. The van der Waals surface area contributed by atoms with Crippen LogP contribution in [0.4, 0.5) is 0 Å². The van der Waals surface area contributed by atoms with Gasteiger partial charge in [-0.3, -0.25) is 9.13 Å². The molecule has 45 heavy (non-hydrogen) atoms. The van der Waals surface area contributed by atoms with Crippen LogP contribution in [0.3, 0.4) is 0 Å². The molecule has 0 bridgehead atoms. The second kappa shape index (κ2) is 15.0. The first kappa shape index (κ1) is 34.4. The average molecular weight is 673 g/mol. The Labute approximate surface area is 259 Å². The van der Waals surface area contributed by atoms with E-state index >= 15 is 0 Å². The highest BCUT2D eigenvalue weighted by molar-refractivity contribution is 7.97. The predicted octanol–water partition coefficient (Wildman–Crippen LogP) is 2.00. The van der Waals surface area contributed by atoms with Crippen molar-refractivity contribution in [3.05, 3.63) is 141 Å². The van der Waals surface area contributed by atoms with Crippen LogP contribution in [0.5, 0.6) is 0 Å². The van der Waals surface area contributed by atoms with Gasteiger partial charge in [0, 0.05) is 31.1 Å². The molecule has 5 aromatic rings. The molecule has 0 spiro atoms. The molecule has 1 N–H and O–H groups in total. The van der Waals surface area contributed by atoms with Gasteiger partial charge >= 0.3 is 11.4 Å². The lowest BCUT2D eigenvalue weighted by Gasteiger charge is -2.00. The smallest absolute Gasteiger partial charge is 0.285 e. The summed E-state index contributed by atoms with van der Waals surface area (Å²) in [6, 6.07) is 23.3. The lowest BCUT2D eigenvalue weighted by Crippen LogP contribution is -2.19. The molecule has 0 aliphatic heterocycles. The number of nitrogens with zero attached hydrogens (tertiary/aromatic N) is 5. The monoisotopic (exact) mass is 672 g/mol. The molecule has 14 nitrogen and oxygen atoms in total. The van der Waals surface area contributed by atoms with Crippen LogP contribution in [0, 0.1) is 0 Å². The average Bonchev–Trinajstić information content (AvgIpc) is 3.58. The van der Waals surface area contributed by atoms with Crippen LogP contribution in [-0.2, 0) is 43.6 Å². The lowest BCUT2D eigenvalue weighted by molar-refractivity contribution is 0.600. The van der Waals surface area contributed by atoms with Gasteiger partial charge < -0.3 is 0 Å². The van der Waals surface area contributed by atoms with Crippen molar-refractivity contribution >= 4 is 35.7 Å². The number of hydrogen-bond donors (Lipinski definition) is 1. The van der Waals surface area contributed by atoms with E-state index in [1.807, 2.05) is 0 Å². The quantitative estimate of drug-likeness (QED) is 0.267. The number of H-pyrrole nitrogens is 1. The Morgan fingerprint density at radius 1 is 0.578 bits per heavy atom. The first-order chi connectivity index (χ1) is 21.2. The van der Waals surface area contributed by atoms with Gasteiger partial charge in [-0.05, 0) is 36.4 Å². The summed E-state index contributed by atoms with van der Waals surface area (Å²) >= 11 is 0. The Morgan fingerprint density at radius 3 is 1.27 bits per heavy atom. The van der Waals surface area contributed by atoms with Crippen molar-refractivity contribution in [2.75, 3.05) is 0 Å². The van der Waals surface area contributed by atoms with Crippen molar-refractivity contribution in [2.24, 2.45) is 14.1 Å². The summed E-state index contributed by atoms with van der Waals surface area (Å²) in [6.07, 6.45) is 3.86. The van der Waals surface area contributed by atoms with E-state index in [4.69, 9.17) is 0 Å². The van der Waals surface area contributed by atoms with Gasteiger partial charge in [0.25, 0.3) is 0 Å². The SMILES string of the molecule is Cn1cn[nH]c1=O.Cn1cnn(/C=C/S(=O)(=O)c2ccccc2)c1=O.O=S(=O)(/C=C/S(=O)(=O)c1ccccc1)c1ccccc1. The fourth-order valence-electron chi connectivity index (χ4n) is 3.15. The van der Waals surface area contributed by atoms with E-state index in [1.54, 1.807) is 61.6 Å². The largest absolute Gasteiger partial charge is 0.349 e. The van der Waals surface area contributed by atoms with Crippen molar-refractivity contribution in [1.29, 1.82) is 0 Å². The summed E-state index contributed by atoms with van der Waals surface area (Å²) in [4.78, 5) is 22.0. The number of hydrogen-bond acceptors (Lipinski definition) is 10. The first-order valence-corrected chi connectivity index (χ1v) is 17.3. The van der Waals surface area contributed by atoms with E-state index in [-0.39, 0.29) is 20.4 Å². The third-order valence-corrected chi connectivity index (χ3v) is 10.00. The van der Waals surface area contributed by atoms with Crippen molar-refractivity contribution in [3.63, 3.8) is 0 Å². The molecule has 2 heterocycles. The molecule has 2 aromatic heterocycles. The van der Waals surface area contributed by atoms with Crippen LogP contribution in [0.15, 0.2) is 144 Å². The maximum absolute atomic E-state index is 12.0. The second-order valence-corrected chi connectivity index (χ2v) is 14.4. The van der Waals surface area contributed by atoms with E-state index in [0.29, 0.717) is 10.8 Å². The second-order valence-electron chi connectivity index (χ2n) is 8.87. The number of sulfone groups is 3. The molecular weight excluding hydrogens is 645 g/mol.